The van der Waals surface area contributed by atoms with Crippen LogP contribution in [0.1, 0.15) is 19.4 Å². The van der Waals surface area contributed by atoms with Crippen molar-refractivity contribution in [2.75, 3.05) is 24.5 Å². The number of benzene rings is 1. The fraction of sp³-hybridized carbons (Fsp3) is 0.571. The molecule has 1 aromatic rings. The molecule has 1 unspecified atom stereocenters. The molecule has 100 valence electrons. The molecule has 0 radical (unpaired) electrons. The zero-order valence-electron chi connectivity index (χ0n) is 11.1. The monoisotopic (exact) mass is 254 g/mol. The normalized spacial score (nSPS) is 20.6. The molecule has 1 aliphatic heterocycles. The van der Waals surface area contributed by atoms with Gasteiger partial charge in [-0.1, -0.05) is 19.9 Å². The summed E-state index contributed by atoms with van der Waals surface area (Å²) in [4.78, 5) is 1.82. The quantitative estimate of drug-likeness (QED) is 0.873. The third-order valence-corrected chi connectivity index (χ3v) is 3.59. The van der Waals surface area contributed by atoms with Gasteiger partial charge in [0, 0.05) is 25.7 Å². The van der Waals surface area contributed by atoms with E-state index in [0.717, 1.165) is 6.54 Å². The molecular formula is C14H20F2N2. The standard InChI is InChI=1S/C14H20F2N2/c1-9(2)12-8-18(7-6-17-12)14-11(15)5-4-10(3)13(14)16/h4-5,9,12,17H,6-8H2,1-3H3. The maximum Gasteiger partial charge on any atom is 0.152 e. The highest BCUT2D eigenvalue weighted by Crippen LogP contribution is 2.27. The van der Waals surface area contributed by atoms with Crippen molar-refractivity contribution in [3.8, 4) is 0 Å². The van der Waals surface area contributed by atoms with E-state index in [9.17, 15) is 8.78 Å². The van der Waals surface area contributed by atoms with E-state index < -0.39 is 11.6 Å². The highest BCUT2D eigenvalue weighted by Gasteiger charge is 2.26. The molecule has 0 spiro atoms. The van der Waals surface area contributed by atoms with Crippen LogP contribution in [0.4, 0.5) is 14.5 Å². The summed E-state index contributed by atoms with van der Waals surface area (Å²) >= 11 is 0. The van der Waals surface area contributed by atoms with Crippen molar-refractivity contribution in [1.82, 2.24) is 5.32 Å². The molecule has 1 heterocycles. The third kappa shape index (κ3) is 2.48. The summed E-state index contributed by atoms with van der Waals surface area (Å²) < 4.78 is 27.9. The largest absolute Gasteiger partial charge is 0.364 e. The third-order valence-electron chi connectivity index (χ3n) is 3.59. The predicted octanol–water partition coefficient (Wildman–Crippen LogP) is 2.71. The number of hydrogen-bond acceptors (Lipinski definition) is 2. The van der Waals surface area contributed by atoms with Gasteiger partial charge < -0.3 is 10.2 Å². The molecule has 1 atom stereocenters. The molecule has 0 saturated carbocycles. The maximum atomic E-state index is 14.1. The molecule has 0 amide bonds. The van der Waals surface area contributed by atoms with Gasteiger partial charge in [0.15, 0.2) is 5.82 Å². The Bertz CT molecular complexity index is 432. The van der Waals surface area contributed by atoms with Crippen molar-refractivity contribution in [1.29, 1.82) is 0 Å². The summed E-state index contributed by atoms with van der Waals surface area (Å²) in [6.07, 6.45) is 0. The average molecular weight is 254 g/mol. The van der Waals surface area contributed by atoms with Crippen LogP contribution in [0.25, 0.3) is 0 Å². The Kier molecular flexibility index (Phi) is 3.85. The highest BCUT2D eigenvalue weighted by atomic mass is 19.1. The van der Waals surface area contributed by atoms with Gasteiger partial charge in [0.05, 0.1) is 0 Å². The van der Waals surface area contributed by atoms with E-state index in [2.05, 4.69) is 19.2 Å². The molecule has 2 nitrogen and oxygen atoms in total. The summed E-state index contributed by atoms with van der Waals surface area (Å²) in [5.74, 6) is -0.453. The summed E-state index contributed by atoms with van der Waals surface area (Å²) in [5.41, 5.74) is 0.619. The second-order valence-corrected chi connectivity index (χ2v) is 5.28. The molecule has 1 fully saturated rings. The fourth-order valence-corrected chi connectivity index (χ4v) is 2.36. The Hall–Kier alpha value is -1.16. The van der Waals surface area contributed by atoms with Crippen LogP contribution >= 0.6 is 0 Å². The van der Waals surface area contributed by atoms with Crippen LogP contribution in [-0.2, 0) is 0 Å². The van der Waals surface area contributed by atoms with Gasteiger partial charge in [-0.25, -0.2) is 8.78 Å². The number of piperazine rings is 1. The van der Waals surface area contributed by atoms with Gasteiger partial charge in [-0.05, 0) is 24.5 Å². The Morgan fingerprint density at radius 2 is 2.06 bits per heavy atom. The Balaban J connectivity index is 2.28. The van der Waals surface area contributed by atoms with Gasteiger partial charge in [-0.15, -0.1) is 0 Å². The molecule has 0 aliphatic carbocycles. The zero-order valence-corrected chi connectivity index (χ0v) is 11.1. The van der Waals surface area contributed by atoms with Crippen LogP contribution in [0.15, 0.2) is 12.1 Å². The molecule has 0 aromatic heterocycles. The fourth-order valence-electron chi connectivity index (χ4n) is 2.36. The molecule has 4 heteroatoms. The van der Waals surface area contributed by atoms with Crippen LogP contribution in [0.3, 0.4) is 0 Å². The lowest BCUT2D eigenvalue weighted by molar-refractivity contribution is 0.364. The summed E-state index contributed by atoms with van der Waals surface area (Å²) in [6, 6.07) is 3.11. The van der Waals surface area contributed by atoms with E-state index in [1.807, 2.05) is 4.90 Å². The Morgan fingerprint density at radius 3 is 2.72 bits per heavy atom. The number of nitrogens with zero attached hydrogens (tertiary/aromatic N) is 1. The van der Waals surface area contributed by atoms with E-state index in [0.29, 0.717) is 24.6 Å². The lowest BCUT2D eigenvalue weighted by Crippen LogP contribution is -2.53. The molecule has 1 aromatic carbocycles. The molecular weight excluding hydrogens is 234 g/mol. The Morgan fingerprint density at radius 1 is 1.33 bits per heavy atom. The first-order valence-electron chi connectivity index (χ1n) is 6.43. The van der Waals surface area contributed by atoms with Crippen LogP contribution in [0.5, 0.6) is 0 Å². The minimum atomic E-state index is -0.470. The first kappa shape index (κ1) is 13.3. The van der Waals surface area contributed by atoms with Crippen LogP contribution in [0.2, 0.25) is 0 Å². The van der Waals surface area contributed by atoms with Gasteiger partial charge in [-0.2, -0.15) is 0 Å². The van der Waals surface area contributed by atoms with Gasteiger partial charge in [0.25, 0.3) is 0 Å². The number of anilines is 1. The minimum absolute atomic E-state index is 0.127. The lowest BCUT2D eigenvalue weighted by atomic mass is 10.0. The van der Waals surface area contributed by atoms with E-state index >= 15 is 0 Å². The molecule has 1 N–H and O–H groups in total. The van der Waals surface area contributed by atoms with Crippen molar-refractivity contribution >= 4 is 5.69 Å². The molecule has 1 aliphatic rings. The summed E-state index contributed by atoms with van der Waals surface area (Å²) in [7, 11) is 0. The minimum Gasteiger partial charge on any atom is -0.364 e. The number of halogens is 2. The van der Waals surface area contributed by atoms with Gasteiger partial charge in [0.1, 0.15) is 11.5 Å². The summed E-state index contributed by atoms with van der Waals surface area (Å²) in [5, 5.41) is 3.39. The van der Waals surface area contributed by atoms with Gasteiger partial charge >= 0.3 is 0 Å². The van der Waals surface area contributed by atoms with Crippen molar-refractivity contribution in [3.63, 3.8) is 0 Å². The van der Waals surface area contributed by atoms with E-state index in [-0.39, 0.29) is 11.7 Å². The van der Waals surface area contributed by atoms with Crippen LogP contribution < -0.4 is 10.2 Å². The van der Waals surface area contributed by atoms with Crippen molar-refractivity contribution in [2.24, 2.45) is 5.92 Å². The first-order chi connectivity index (χ1) is 8.50. The smallest absolute Gasteiger partial charge is 0.152 e. The first-order valence-corrected chi connectivity index (χ1v) is 6.43. The van der Waals surface area contributed by atoms with E-state index in [1.165, 1.54) is 12.1 Å². The summed E-state index contributed by atoms with van der Waals surface area (Å²) in [6.45, 7) is 7.94. The maximum absolute atomic E-state index is 14.1. The topological polar surface area (TPSA) is 15.3 Å². The highest BCUT2D eigenvalue weighted by molar-refractivity contribution is 5.52. The van der Waals surface area contributed by atoms with Crippen molar-refractivity contribution < 1.29 is 8.78 Å². The van der Waals surface area contributed by atoms with E-state index in [4.69, 9.17) is 0 Å². The SMILES string of the molecule is Cc1ccc(F)c(N2CCNC(C(C)C)C2)c1F. The number of nitrogens with one attached hydrogen (secondary N) is 1. The average Bonchev–Trinajstić information content (AvgIpc) is 2.35. The van der Waals surface area contributed by atoms with Crippen LogP contribution in [0, 0.1) is 24.5 Å². The molecule has 1 saturated heterocycles. The lowest BCUT2D eigenvalue weighted by Gasteiger charge is -2.37. The van der Waals surface area contributed by atoms with Crippen LogP contribution in [-0.4, -0.2) is 25.7 Å². The van der Waals surface area contributed by atoms with Gasteiger partial charge in [0.2, 0.25) is 0 Å². The van der Waals surface area contributed by atoms with Gasteiger partial charge in [-0.3, -0.25) is 0 Å². The second kappa shape index (κ2) is 5.22. The molecule has 2 rings (SSSR count). The predicted molar refractivity (Wildman–Crippen MR) is 69.9 cm³/mol. The molecule has 0 bridgehead atoms. The second-order valence-electron chi connectivity index (χ2n) is 5.28. The van der Waals surface area contributed by atoms with E-state index in [1.54, 1.807) is 6.92 Å². The molecule has 18 heavy (non-hydrogen) atoms. The number of aryl methyl sites for hydroxylation is 1. The van der Waals surface area contributed by atoms with Crippen molar-refractivity contribution in [3.05, 3.63) is 29.3 Å². The van der Waals surface area contributed by atoms with Crippen molar-refractivity contribution in [2.45, 2.75) is 26.8 Å². The number of rotatable bonds is 2. The zero-order chi connectivity index (χ0) is 13.3. The number of hydrogen-bond donors (Lipinski definition) is 1. The Labute approximate surface area is 107 Å².